The van der Waals surface area contributed by atoms with E-state index in [-0.39, 0.29) is 5.56 Å². The maximum absolute atomic E-state index is 12.3. The lowest BCUT2D eigenvalue weighted by Gasteiger charge is -2.11. The Morgan fingerprint density at radius 3 is 2.25 bits per heavy atom. The molecule has 20 heavy (non-hydrogen) atoms. The van der Waals surface area contributed by atoms with E-state index in [1.54, 1.807) is 48.5 Å². The molecule has 0 saturated heterocycles. The zero-order valence-corrected chi connectivity index (χ0v) is 10.8. The molecule has 0 bridgehead atoms. The highest BCUT2D eigenvalue weighted by atomic mass is 16.2. The summed E-state index contributed by atoms with van der Waals surface area (Å²) in [5.74, 6) is -1.70. The van der Waals surface area contributed by atoms with Crippen LogP contribution in [0.25, 0.3) is 0 Å². The van der Waals surface area contributed by atoms with Crippen LogP contribution >= 0.6 is 0 Å². The molecule has 0 unspecified atom stereocenters. The average molecular weight is 265 g/mol. The van der Waals surface area contributed by atoms with Crippen LogP contribution in [0.2, 0.25) is 0 Å². The van der Waals surface area contributed by atoms with Gasteiger partial charge >= 0.3 is 0 Å². The molecule has 3 amide bonds. The molecule has 1 aliphatic rings. The van der Waals surface area contributed by atoms with Gasteiger partial charge in [0.15, 0.2) is 0 Å². The first-order valence-corrected chi connectivity index (χ1v) is 6.18. The van der Waals surface area contributed by atoms with Gasteiger partial charge in [0.05, 0.1) is 11.1 Å². The van der Waals surface area contributed by atoms with Gasteiger partial charge in [-0.05, 0) is 31.2 Å². The van der Waals surface area contributed by atoms with Gasteiger partial charge in [-0.1, -0.05) is 29.8 Å². The van der Waals surface area contributed by atoms with Crippen LogP contribution in [0, 0.1) is 6.92 Å². The van der Waals surface area contributed by atoms with E-state index >= 15 is 0 Å². The highest BCUT2D eigenvalue weighted by molar-refractivity contribution is 6.31. The van der Waals surface area contributed by atoms with Crippen LogP contribution in [0.4, 0.5) is 0 Å². The molecule has 0 spiro atoms. The number of carbonyl (C=O) groups is 3. The summed E-state index contributed by atoms with van der Waals surface area (Å²) in [5.41, 5.74) is 1.77. The third kappa shape index (κ3) is 1.73. The fraction of sp³-hybridized carbons (Fsp3) is 0.0625. The van der Waals surface area contributed by atoms with Gasteiger partial charge in [0.2, 0.25) is 0 Å². The topological polar surface area (TPSA) is 54.5 Å². The molecule has 0 aromatic heterocycles. The third-order valence-corrected chi connectivity index (χ3v) is 3.27. The Morgan fingerprint density at radius 1 is 0.900 bits per heavy atom. The number of benzene rings is 2. The predicted octanol–water partition coefficient (Wildman–Crippen LogP) is 2.43. The Morgan fingerprint density at radius 2 is 1.55 bits per heavy atom. The fourth-order valence-corrected chi connectivity index (χ4v) is 2.25. The summed E-state index contributed by atoms with van der Waals surface area (Å²) in [6.45, 7) is 1.83. The molecule has 2 aromatic rings. The molecule has 2 aromatic carbocycles. The summed E-state index contributed by atoms with van der Waals surface area (Å²) in [5, 5.41) is 0. The van der Waals surface area contributed by atoms with Gasteiger partial charge in [-0.25, -0.2) is 4.90 Å². The van der Waals surface area contributed by atoms with Crippen molar-refractivity contribution < 1.29 is 14.4 Å². The maximum Gasteiger partial charge on any atom is 0.268 e. The zero-order chi connectivity index (χ0) is 14.3. The lowest BCUT2D eigenvalue weighted by molar-refractivity contribution is 0.0566. The second kappa shape index (κ2) is 4.42. The quantitative estimate of drug-likeness (QED) is 0.744. The van der Waals surface area contributed by atoms with E-state index < -0.39 is 17.7 Å². The van der Waals surface area contributed by atoms with Gasteiger partial charge in [0.1, 0.15) is 0 Å². The number of aryl methyl sites for hydroxylation is 1. The summed E-state index contributed by atoms with van der Waals surface area (Å²) < 4.78 is 0. The summed E-state index contributed by atoms with van der Waals surface area (Å²) in [6, 6.07) is 13.3. The minimum absolute atomic E-state index is 0.282. The smallest absolute Gasteiger partial charge is 0.268 e. The maximum atomic E-state index is 12.3. The third-order valence-electron chi connectivity index (χ3n) is 3.27. The first-order valence-electron chi connectivity index (χ1n) is 6.18. The van der Waals surface area contributed by atoms with Crippen LogP contribution in [0.15, 0.2) is 48.5 Å². The zero-order valence-electron chi connectivity index (χ0n) is 10.8. The van der Waals surface area contributed by atoms with Gasteiger partial charge in [-0.15, -0.1) is 0 Å². The van der Waals surface area contributed by atoms with Crippen LogP contribution in [-0.2, 0) is 0 Å². The largest absolute Gasteiger partial charge is 0.268 e. The summed E-state index contributed by atoms with van der Waals surface area (Å²) in [7, 11) is 0. The van der Waals surface area contributed by atoms with E-state index in [0.717, 1.165) is 5.56 Å². The molecule has 1 aliphatic heterocycles. The number of hydrogen-bond acceptors (Lipinski definition) is 3. The van der Waals surface area contributed by atoms with Crippen molar-refractivity contribution in [1.29, 1.82) is 0 Å². The normalized spacial score (nSPS) is 13.6. The molecule has 0 N–H and O–H groups in total. The van der Waals surface area contributed by atoms with E-state index in [4.69, 9.17) is 0 Å². The molecule has 98 valence electrons. The van der Waals surface area contributed by atoms with Gasteiger partial charge in [0.25, 0.3) is 17.7 Å². The van der Waals surface area contributed by atoms with Crippen LogP contribution in [0.3, 0.4) is 0 Å². The number of hydrogen-bond donors (Lipinski definition) is 0. The Bertz CT molecular complexity index is 735. The Hall–Kier alpha value is -2.75. The molecule has 1 heterocycles. The van der Waals surface area contributed by atoms with Crippen LogP contribution in [0.5, 0.6) is 0 Å². The molecule has 0 aliphatic carbocycles. The van der Waals surface area contributed by atoms with Gasteiger partial charge < -0.3 is 0 Å². The monoisotopic (exact) mass is 265 g/mol. The lowest BCUT2D eigenvalue weighted by atomic mass is 10.1. The van der Waals surface area contributed by atoms with Crippen molar-refractivity contribution in [3.05, 3.63) is 70.8 Å². The van der Waals surface area contributed by atoms with Gasteiger partial charge in [0, 0.05) is 5.56 Å². The molecule has 0 fully saturated rings. The molecule has 0 radical (unpaired) electrons. The minimum Gasteiger partial charge on any atom is -0.268 e. The summed E-state index contributed by atoms with van der Waals surface area (Å²) >= 11 is 0. The van der Waals surface area contributed by atoms with Crippen LogP contribution in [0.1, 0.15) is 36.6 Å². The molecular formula is C16H11NO3. The second-order valence-corrected chi connectivity index (χ2v) is 4.67. The van der Waals surface area contributed by atoms with Crippen molar-refractivity contribution in [1.82, 2.24) is 4.90 Å². The number of imide groups is 3. The van der Waals surface area contributed by atoms with E-state index in [9.17, 15) is 14.4 Å². The lowest BCUT2D eigenvalue weighted by Crippen LogP contribution is -2.36. The standard InChI is InChI=1S/C16H11NO3/c1-10-7-8-12-13(9-10)16(20)17(15(12)19)14(18)11-5-3-2-4-6-11/h2-9H,1H3. The minimum atomic E-state index is -0.588. The molecule has 4 heteroatoms. The Labute approximate surface area is 115 Å². The predicted molar refractivity (Wildman–Crippen MR) is 72.5 cm³/mol. The first-order chi connectivity index (χ1) is 9.59. The van der Waals surface area contributed by atoms with Crippen molar-refractivity contribution in [3.8, 4) is 0 Å². The number of nitrogens with zero attached hydrogens (tertiary/aromatic N) is 1. The van der Waals surface area contributed by atoms with Crippen molar-refractivity contribution >= 4 is 17.7 Å². The van der Waals surface area contributed by atoms with Crippen LogP contribution in [-0.4, -0.2) is 22.6 Å². The fourth-order valence-electron chi connectivity index (χ4n) is 2.25. The van der Waals surface area contributed by atoms with Gasteiger partial charge in [-0.3, -0.25) is 14.4 Å². The highest BCUT2D eigenvalue weighted by Crippen LogP contribution is 2.25. The van der Waals surface area contributed by atoms with E-state index in [0.29, 0.717) is 16.0 Å². The first kappa shape index (κ1) is 12.3. The molecule has 0 saturated carbocycles. The summed E-state index contributed by atoms with van der Waals surface area (Å²) in [4.78, 5) is 37.5. The Balaban J connectivity index is 2.04. The second-order valence-electron chi connectivity index (χ2n) is 4.67. The number of rotatable bonds is 1. The van der Waals surface area contributed by atoms with Crippen molar-refractivity contribution in [3.63, 3.8) is 0 Å². The van der Waals surface area contributed by atoms with Gasteiger partial charge in [-0.2, -0.15) is 0 Å². The molecule has 0 atom stereocenters. The van der Waals surface area contributed by atoms with Crippen molar-refractivity contribution in [2.45, 2.75) is 6.92 Å². The van der Waals surface area contributed by atoms with Crippen LogP contribution < -0.4 is 0 Å². The SMILES string of the molecule is Cc1ccc2c(c1)C(=O)N(C(=O)c1ccccc1)C2=O. The number of amides is 3. The van der Waals surface area contributed by atoms with E-state index in [2.05, 4.69) is 0 Å². The Kier molecular flexibility index (Phi) is 2.71. The van der Waals surface area contributed by atoms with E-state index in [1.165, 1.54) is 0 Å². The molecular weight excluding hydrogens is 254 g/mol. The summed E-state index contributed by atoms with van der Waals surface area (Å²) in [6.07, 6.45) is 0. The molecule has 4 nitrogen and oxygen atoms in total. The number of fused-ring (bicyclic) bond motifs is 1. The number of carbonyl (C=O) groups excluding carboxylic acids is 3. The van der Waals surface area contributed by atoms with Crippen molar-refractivity contribution in [2.75, 3.05) is 0 Å². The highest BCUT2D eigenvalue weighted by Gasteiger charge is 2.40. The average Bonchev–Trinajstić information content (AvgIpc) is 2.71. The van der Waals surface area contributed by atoms with E-state index in [1.807, 2.05) is 6.92 Å². The van der Waals surface area contributed by atoms with Crippen molar-refractivity contribution in [2.24, 2.45) is 0 Å². The molecule has 3 rings (SSSR count).